The van der Waals surface area contributed by atoms with Crippen LogP contribution in [0.25, 0.3) is 0 Å². The zero-order valence-corrected chi connectivity index (χ0v) is 14.4. The molecular weight excluding hydrogens is 320 g/mol. The Morgan fingerprint density at radius 3 is 2.56 bits per heavy atom. The minimum Gasteiger partial charge on any atom is -0.357 e. The van der Waals surface area contributed by atoms with Crippen LogP contribution in [0.3, 0.4) is 0 Å². The van der Waals surface area contributed by atoms with E-state index in [1.807, 2.05) is 35.2 Å². The Balaban J connectivity index is 1.79. The fraction of sp³-hybridized carbons (Fsp3) is 0.389. The van der Waals surface area contributed by atoms with Gasteiger partial charge in [0.05, 0.1) is 5.92 Å². The van der Waals surface area contributed by atoms with Crippen LogP contribution in [0, 0.1) is 5.92 Å². The minimum atomic E-state index is -0.363. The van der Waals surface area contributed by atoms with Gasteiger partial charge in [-0.3, -0.25) is 18.7 Å². The lowest BCUT2D eigenvalue weighted by molar-refractivity contribution is -0.120. The Hall–Kier alpha value is -2.83. The summed E-state index contributed by atoms with van der Waals surface area (Å²) in [4.78, 5) is 38.6. The summed E-state index contributed by atoms with van der Waals surface area (Å²) in [6.45, 7) is 1.20. The second-order valence-electron chi connectivity index (χ2n) is 6.38. The van der Waals surface area contributed by atoms with Gasteiger partial charge in [-0.15, -0.1) is 0 Å². The van der Waals surface area contributed by atoms with Gasteiger partial charge in [-0.2, -0.15) is 0 Å². The number of carbonyl (C=O) groups is 1. The van der Waals surface area contributed by atoms with Gasteiger partial charge in [-0.25, -0.2) is 4.79 Å². The maximum absolute atomic E-state index is 12.5. The highest BCUT2D eigenvalue weighted by molar-refractivity contribution is 5.93. The zero-order chi connectivity index (χ0) is 18.0. The molecule has 1 saturated heterocycles. The van der Waals surface area contributed by atoms with Crippen molar-refractivity contribution < 1.29 is 4.79 Å². The number of nitrogens with zero attached hydrogens (tertiary/aromatic N) is 3. The smallest absolute Gasteiger partial charge is 0.332 e. The van der Waals surface area contributed by atoms with Gasteiger partial charge in [0.25, 0.3) is 5.56 Å². The summed E-state index contributed by atoms with van der Waals surface area (Å²) >= 11 is 0. The van der Waals surface area contributed by atoms with Gasteiger partial charge in [-0.05, 0) is 25.0 Å². The number of nitrogens with one attached hydrogen (secondary N) is 1. The summed E-state index contributed by atoms with van der Waals surface area (Å²) in [5.41, 5.74) is 0.0675. The van der Waals surface area contributed by atoms with E-state index in [9.17, 15) is 14.4 Å². The quantitative estimate of drug-likeness (QED) is 0.901. The van der Waals surface area contributed by atoms with Crippen molar-refractivity contribution in [3.63, 3.8) is 0 Å². The highest BCUT2D eigenvalue weighted by Gasteiger charge is 2.27. The molecule has 132 valence electrons. The Bertz CT molecular complexity index is 885. The normalized spacial score (nSPS) is 17.4. The van der Waals surface area contributed by atoms with Gasteiger partial charge in [0.1, 0.15) is 5.82 Å². The summed E-state index contributed by atoms with van der Waals surface area (Å²) in [5, 5.41) is 2.93. The molecule has 2 heterocycles. The molecule has 0 saturated carbocycles. The van der Waals surface area contributed by atoms with Crippen molar-refractivity contribution in [1.82, 2.24) is 9.13 Å². The van der Waals surface area contributed by atoms with Crippen molar-refractivity contribution in [2.24, 2.45) is 20.0 Å². The predicted octanol–water partition coefficient (Wildman–Crippen LogP) is 0.939. The molecule has 1 atom stereocenters. The number of piperidine rings is 1. The molecule has 7 heteroatoms. The van der Waals surface area contributed by atoms with Crippen LogP contribution in [0.1, 0.15) is 12.8 Å². The number of hydrogen-bond acceptors (Lipinski definition) is 4. The average Bonchev–Trinajstić information content (AvgIpc) is 2.64. The van der Waals surface area contributed by atoms with Crippen molar-refractivity contribution in [1.29, 1.82) is 0 Å². The van der Waals surface area contributed by atoms with Gasteiger partial charge >= 0.3 is 5.69 Å². The van der Waals surface area contributed by atoms with Crippen LogP contribution >= 0.6 is 0 Å². The second kappa shape index (κ2) is 6.96. The Labute approximate surface area is 145 Å². The topological polar surface area (TPSA) is 76.3 Å². The molecule has 1 aliphatic heterocycles. The second-order valence-corrected chi connectivity index (χ2v) is 6.38. The molecule has 1 N–H and O–H groups in total. The van der Waals surface area contributed by atoms with E-state index in [4.69, 9.17) is 0 Å². The molecule has 3 rings (SSSR count). The van der Waals surface area contributed by atoms with E-state index in [1.165, 1.54) is 17.7 Å². The van der Waals surface area contributed by atoms with Crippen molar-refractivity contribution in [2.75, 3.05) is 23.3 Å². The third-order valence-electron chi connectivity index (χ3n) is 4.66. The number of rotatable bonds is 3. The molecule has 0 unspecified atom stereocenters. The predicted molar refractivity (Wildman–Crippen MR) is 96.9 cm³/mol. The largest absolute Gasteiger partial charge is 0.357 e. The molecule has 0 bridgehead atoms. The van der Waals surface area contributed by atoms with E-state index in [1.54, 1.807) is 7.05 Å². The van der Waals surface area contributed by atoms with Crippen LogP contribution in [0.4, 0.5) is 11.5 Å². The molecule has 1 fully saturated rings. The third kappa shape index (κ3) is 3.50. The fourth-order valence-electron chi connectivity index (χ4n) is 3.19. The lowest BCUT2D eigenvalue weighted by atomic mass is 9.97. The first-order valence-corrected chi connectivity index (χ1v) is 8.35. The molecule has 1 amide bonds. The van der Waals surface area contributed by atoms with E-state index in [-0.39, 0.29) is 23.1 Å². The van der Waals surface area contributed by atoms with Gasteiger partial charge in [0.15, 0.2) is 0 Å². The van der Waals surface area contributed by atoms with Gasteiger partial charge in [0.2, 0.25) is 5.91 Å². The molecule has 1 aliphatic rings. The maximum atomic E-state index is 12.5. The summed E-state index contributed by atoms with van der Waals surface area (Å²) in [6, 6.07) is 10.8. The average molecular weight is 342 g/mol. The molecule has 7 nitrogen and oxygen atoms in total. The summed E-state index contributed by atoms with van der Waals surface area (Å²) in [7, 11) is 3.10. The van der Waals surface area contributed by atoms with Gasteiger partial charge < -0.3 is 10.2 Å². The number of anilines is 2. The number of para-hydroxylation sites is 1. The number of amides is 1. The van der Waals surface area contributed by atoms with Crippen LogP contribution in [0.5, 0.6) is 0 Å². The Morgan fingerprint density at radius 2 is 1.84 bits per heavy atom. The molecule has 0 radical (unpaired) electrons. The number of hydrogen-bond donors (Lipinski definition) is 1. The molecule has 25 heavy (non-hydrogen) atoms. The lowest BCUT2D eigenvalue weighted by Gasteiger charge is -2.34. The first kappa shape index (κ1) is 17.0. The van der Waals surface area contributed by atoms with Crippen LogP contribution in [0.15, 0.2) is 46.0 Å². The van der Waals surface area contributed by atoms with E-state index >= 15 is 0 Å². The zero-order valence-electron chi connectivity index (χ0n) is 14.4. The SMILES string of the molecule is Cn1c(N2CCC[C@@H](C(=O)Nc3ccccc3)C2)cc(=O)n(C)c1=O. The number of carbonyl (C=O) groups excluding carboxylic acids is 1. The number of benzene rings is 1. The lowest BCUT2D eigenvalue weighted by Crippen LogP contribution is -2.45. The first-order valence-electron chi connectivity index (χ1n) is 8.35. The van der Waals surface area contributed by atoms with Gasteiger partial charge in [0, 0.05) is 38.9 Å². The van der Waals surface area contributed by atoms with Crippen molar-refractivity contribution in [3.8, 4) is 0 Å². The minimum absolute atomic E-state index is 0.0373. The molecule has 0 aliphatic carbocycles. The third-order valence-corrected chi connectivity index (χ3v) is 4.66. The van der Waals surface area contributed by atoms with E-state index in [0.717, 1.165) is 29.6 Å². The number of aromatic nitrogens is 2. The molecule has 0 spiro atoms. The molecule has 2 aromatic rings. The first-order chi connectivity index (χ1) is 12.0. The molecular formula is C18H22N4O3. The summed E-state index contributed by atoms with van der Waals surface area (Å²) < 4.78 is 2.53. The summed E-state index contributed by atoms with van der Waals surface area (Å²) in [5.74, 6) is 0.336. The molecule has 1 aromatic heterocycles. The van der Waals surface area contributed by atoms with Crippen molar-refractivity contribution in [3.05, 3.63) is 57.2 Å². The molecule has 1 aromatic carbocycles. The Kier molecular flexibility index (Phi) is 4.74. The van der Waals surface area contributed by atoms with E-state index in [2.05, 4.69) is 5.32 Å². The highest BCUT2D eigenvalue weighted by Crippen LogP contribution is 2.22. The summed E-state index contributed by atoms with van der Waals surface area (Å²) in [6.07, 6.45) is 1.62. The van der Waals surface area contributed by atoms with Gasteiger partial charge in [-0.1, -0.05) is 18.2 Å². The van der Waals surface area contributed by atoms with Crippen molar-refractivity contribution in [2.45, 2.75) is 12.8 Å². The van der Waals surface area contributed by atoms with Crippen LogP contribution in [0.2, 0.25) is 0 Å². The van der Waals surface area contributed by atoms with Crippen LogP contribution in [-0.4, -0.2) is 28.1 Å². The maximum Gasteiger partial charge on any atom is 0.332 e. The standard InChI is InChI=1S/C18H22N4O3/c1-20-15(11-16(23)21(2)18(20)25)22-10-6-7-13(12-22)17(24)19-14-8-4-3-5-9-14/h3-5,8-9,11,13H,6-7,10,12H2,1-2H3,(H,19,24)/t13-/m1/s1. The van der Waals surface area contributed by atoms with Crippen LogP contribution in [-0.2, 0) is 18.9 Å². The Morgan fingerprint density at radius 1 is 1.12 bits per heavy atom. The fourth-order valence-corrected chi connectivity index (χ4v) is 3.19. The highest BCUT2D eigenvalue weighted by atomic mass is 16.2. The monoisotopic (exact) mass is 342 g/mol. The van der Waals surface area contributed by atoms with Crippen LogP contribution < -0.4 is 21.5 Å². The van der Waals surface area contributed by atoms with E-state index in [0.29, 0.717) is 12.4 Å². The van der Waals surface area contributed by atoms with Crippen molar-refractivity contribution >= 4 is 17.4 Å². The van der Waals surface area contributed by atoms with E-state index < -0.39 is 0 Å².